The molecule has 0 aliphatic rings. The van der Waals surface area contributed by atoms with E-state index in [1.807, 2.05) is 6.26 Å². The molecule has 2 nitrogen and oxygen atoms in total. The highest BCUT2D eigenvalue weighted by Gasteiger charge is 2.18. The van der Waals surface area contributed by atoms with Gasteiger partial charge in [0.25, 0.3) is 0 Å². The summed E-state index contributed by atoms with van der Waals surface area (Å²) in [6.45, 7) is 0. The van der Waals surface area contributed by atoms with Crippen LogP contribution >= 0.6 is 27.7 Å². The summed E-state index contributed by atoms with van der Waals surface area (Å²) in [6, 6.07) is 4.67. The molecule has 1 unspecified atom stereocenters. The molecule has 0 spiro atoms. The first kappa shape index (κ1) is 11.5. The molecule has 0 radical (unpaired) electrons. The van der Waals surface area contributed by atoms with E-state index in [0.29, 0.717) is 4.47 Å². The Kier molecular flexibility index (Phi) is 3.95. The van der Waals surface area contributed by atoms with Gasteiger partial charge in [-0.2, -0.15) is 0 Å². The van der Waals surface area contributed by atoms with E-state index in [9.17, 15) is 9.18 Å². The Morgan fingerprint density at radius 3 is 2.71 bits per heavy atom. The van der Waals surface area contributed by atoms with Crippen LogP contribution in [0.4, 0.5) is 4.39 Å². The third-order valence-corrected chi connectivity index (χ3v) is 3.40. The van der Waals surface area contributed by atoms with Gasteiger partial charge in [0, 0.05) is 9.37 Å². The maximum absolute atomic E-state index is 13.0. The first-order valence-corrected chi connectivity index (χ1v) is 5.78. The van der Waals surface area contributed by atoms with Crippen molar-refractivity contribution in [3.63, 3.8) is 0 Å². The number of carbonyl (C=O) groups is 1. The summed E-state index contributed by atoms with van der Waals surface area (Å²) < 4.78 is 13.8. The number of hydrogen-bond acceptors (Lipinski definition) is 2. The lowest BCUT2D eigenvalue weighted by molar-refractivity contribution is -0.143. The van der Waals surface area contributed by atoms with E-state index in [1.165, 1.54) is 23.9 Å². The van der Waals surface area contributed by atoms with Crippen molar-refractivity contribution < 1.29 is 14.3 Å². The normalized spacial score (nSPS) is 12.5. The van der Waals surface area contributed by atoms with E-state index in [0.717, 1.165) is 4.90 Å². The van der Waals surface area contributed by atoms with E-state index >= 15 is 0 Å². The van der Waals surface area contributed by atoms with Gasteiger partial charge in [-0.3, -0.25) is 0 Å². The summed E-state index contributed by atoms with van der Waals surface area (Å²) in [7, 11) is 0. The number of halogens is 2. The van der Waals surface area contributed by atoms with Gasteiger partial charge in [0.05, 0.1) is 0 Å². The van der Waals surface area contributed by atoms with Crippen molar-refractivity contribution in [2.24, 2.45) is 0 Å². The van der Waals surface area contributed by atoms with Gasteiger partial charge in [-0.15, -0.1) is 11.8 Å². The summed E-state index contributed by atoms with van der Waals surface area (Å²) in [5.41, 5.74) is 0.155. The molecule has 1 N–H and O–H groups in total. The molecule has 5 heteroatoms. The van der Waals surface area contributed by atoms with Crippen LogP contribution in [0.25, 0.3) is 0 Å². The monoisotopic (exact) mass is 278 g/mol. The lowest BCUT2D eigenvalue weighted by Gasteiger charge is -2.06. The molecule has 1 atom stereocenters. The topological polar surface area (TPSA) is 37.3 Å². The smallest absolute Gasteiger partial charge is 0.343 e. The number of alkyl halides is 1. The number of aliphatic carboxylic acids is 1. The first-order chi connectivity index (χ1) is 6.56. The second-order valence-electron chi connectivity index (χ2n) is 2.59. The van der Waals surface area contributed by atoms with Crippen LogP contribution in [-0.2, 0) is 4.79 Å². The molecule has 14 heavy (non-hydrogen) atoms. The molecule has 1 aromatic rings. The van der Waals surface area contributed by atoms with Crippen LogP contribution in [-0.4, -0.2) is 17.3 Å². The Balaban J connectivity index is 3.02. The van der Waals surface area contributed by atoms with Crippen molar-refractivity contribution >= 4 is 33.7 Å². The molecule has 0 aliphatic carbocycles. The van der Waals surface area contributed by atoms with Gasteiger partial charge < -0.3 is 5.11 Å². The average molecular weight is 279 g/mol. The summed E-state index contributed by atoms with van der Waals surface area (Å²) in [6.07, 6.45) is -0.0635. The third kappa shape index (κ3) is 2.48. The number of benzene rings is 1. The second-order valence-corrected chi connectivity index (χ2v) is 4.30. The fourth-order valence-corrected chi connectivity index (χ4v) is 2.32. The van der Waals surface area contributed by atoms with Gasteiger partial charge in [0.1, 0.15) is 0 Å². The first-order valence-electron chi connectivity index (χ1n) is 3.76. The number of carboxylic acid groups (broad SMARTS) is 1. The fraction of sp³-hybridized carbons (Fsp3) is 0.222. The molecule has 0 saturated heterocycles. The Labute approximate surface area is 93.6 Å². The van der Waals surface area contributed by atoms with E-state index < -0.39 is 12.1 Å². The van der Waals surface area contributed by atoms with Crippen LogP contribution < -0.4 is 0 Å². The minimum absolute atomic E-state index is 0.155. The quantitative estimate of drug-likeness (QED) is 0.863. The molecule has 0 amide bonds. The van der Waals surface area contributed by atoms with Crippen LogP contribution in [0.3, 0.4) is 0 Å². The van der Waals surface area contributed by atoms with E-state index in [2.05, 4.69) is 15.9 Å². The van der Waals surface area contributed by atoms with Gasteiger partial charge in [-0.25, -0.2) is 9.18 Å². The van der Waals surface area contributed by atoms with E-state index in [4.69, 9.17) is 5.11 Å². The zero-order valence-electron chi connectivity index (χ0n) is 7.33. The van der Waals surface area contributed by atoms with Gasteiger partial charge in [-0.1, -0.05) is 6.07 Å². The van der Waals surface area contributed by atoms with Crippen LogP contribution in [0.2, 0.25) is 0 Å². The zero-order valence-corrected chi connectivity index (χ0v) is 9.73. The molecule has 0 fully saturated rings. The van der Waals surface area contributed by atoms with Crippen molar-refractivity contribution in [2.45, 2.75) is 11.1 Å². The highest BCUT2D eigenvalue weighted by molar-refractivity contribution is 9.10. The van der Waals surface area contributed by atoms with Crippen LogP contribution in [0.15, 0.2) is 27.6 Å². The van der Waals surface area contributed by atoms with Crippen LogP contribution in [0, 0.1) is 0 Å². The molecule has 0 bridgehead atoms. The lowest BCUT2D eigenvalue weighted by atomic mass is 10.1. The number of rotatable bonds is 3. The van der Waals surface area contributed by atoms with Gasteiger partial charge in [0.2, 0.25) is 6.17 Å². The predicted molar refractivity (Wildman–Crippen MR) is 57.4 cm³/mol. The van der Waals surface area contributed by atoms with Gasteiger partial charge >= 0.3 is 5.97 Å². The molecule has 0 saturated carbocycles. The van der Waals surface area contributed by atoms with E-state index in [1.54, 1.807) is 6.07 Å². The van der Waals surface area contributed by atoms with Gasteiger partial charge in [-0.05, 0) is 39.9 Å². The maximum atomic E-state index is 13.0. The fourth-order valence-electron chi connectivity index (χ4n) is 0.983. The van der Waals surface area contributed by atoms with Gasteiger partial charge in [0.15, 0.2) is 0 Å². The van der Waals surface area contributed by atoms with Crippen molar-refractivity contribution in [1.29, 1.82) is 0 Å². The summed E-state index contributed by atoms with van der Waals surface area (Å²) in [5, 5.41) is 8.46. The lowest BCUT2D eigenvalue weighted by Crippen LogP contribution is -2.05. The summed E-state index contributed by atoms with van der Waals surface area (Å²) in [4.78, 5) is 11.3. The molecular weight excluding hydrogens is 271 g/mol. The second kappa shape index (κ2) is 4.79. The standard InChI is InChI=1S/C9H8BrFO2S/c1-14-7-3-2-5(4-6(7)10)8(11)9(12)13/h2-4,8H,1H3,(H,12,13). The largest absolute Gasteiger partial charge is 0.479 e. The van der Waals surface area contributed by atoms with Crippen molar-refractivity contribution in [3.05, 3.63) is 28.2 Å². The maximum Gasteiger partial charge on any atom is 0.343 e. The number of hydrogen-bond donors (Lipinski definition) is 1. The summed E-state index contributed by atoms with van der Waals surface area (Å²) in [5.74, 6) is -1.46. The molecular formula is C9H8BrFO2S. The van der Waals surface area contributed by atoms with Crippen molar-refractivity contribution in [3.8, 4) is 0 Å². The Hall–Kier alpha value is -0.550. The molecule has 0 aromatic heterocycles. The predicted octanol–water partition coefficient (Wildman–Crippen LogP) is 3.27. The van der Waals surface area contributed by atoms with Crippen LogP contribution in [0.5, 0.6) is 0 Å². The third-order valence-electron chi connectivity index (χ3n) is 1.69. The molecule has 0 heterocycles. The highest BCUT2D eigenvalue weighted by Crippen LogP contribution is 2.29. The Morgan fingerprint density at radius 2 is 2.29 bits per heavy atom. The molecule has 1 aromatic carbocycles. The average Bonchev–Trinajstić information content (AvgIpc) is 2.16. The molecule has 0 aliphatic heterocycles. The molecule has 76 valence electrons. The van der Waals surface area contributed by atoms with E-state index in [-0.39, 0.29) is 5.56 Å². The Bertz CT molecular complexity index is 357. The van der Waals surface area contributed by atoms with Crippen molar-refractivity contribution in [1.82, 2.24) is 0 Å². The minimum atomic E-state index is -1.96. The number of thioether (sulfide) groups is 1. The zero-order chi connectivity index (χ0) is 10.7. The summed E-state index contributed by atoms with van der Waals surface area (Å²) >= 11 is 4.75. The minimum Gasteiger partial charge on any atom is -0.479 e. The highest BCUT2D eigenvalue weighted by atomic mass is 79.9. The Morgan fingerprint density at radius 1 is 1.64 bits per heavy atom. The number of carboxylic acids is 1. The molecule has 1 rings (SSSR count). The van der Waals surface area contributed by atoms with Crippen molar-refractivity contribution in [2.75, 3.05) is 6.26 Å². The van der Waals surface area contributed by atoms with Crippen LogP contribution in [0.1, 0.15) is 11.7 Å². The SMILES string of the molecule is CSc1ccc(C(F)C(=O)O)cc1Br.